The summed E-state index contributed by atoms with van der Waals surface area (Å²) < 4.78 is 0. The number of hydrogen-bond acceptors (Lipinski definition) is 4. The summed E-state index contributed by atoms with van der Waals surface area (Å²) in [7, 11) is 0. The number of benzene rings is 2. The van der Waals surface area contributed by atoms with Crippen molar-refractivity contribution in [3.63, 3.8) is 0 Å². The Balaban J connectivity index is 1.65. The zero-order valence-corrected chi connectivity index (χ0v) is 16.1. The van der Waals surface area contributed by atoms with Crippen LogP contribution < -0.4 is 10.9 Å². The number of rotatable bonds is 5. The number of aromatic amines is 1. The lowest BCUT2D eigenvalue weighted by molar-refractivity contribution is -0.113. The molecule has 134 valence electrons. The van der Waals surface area contributed by atoms with Crippen molar-refractivity contribution in [1.82, 2.24) is 9.97 Å². The van der Waals surface area contributed by atoms with E-state index in [2.05, 4.69) is 15.3 Å². The number of nitrogens with one attached hydrogen (secondary N) is 2. The lowest BCUT2D eigenvalue weighted by atomic mass is 10.2. The normalized spacial score (nSPS) is 12.1. The summed E-state index contributed by atoms with van der Waals surface area (Å²) in [6, 6.07) is 12.0. The van der Waals surface area contributed by atoms with Gasteiger partial charge in [-0.15, -0.1) is 11.8 Å². The molecular weight excluding hydrogens is 393 g/mol. The van der Waals surface area contributed by atoms with E-state index in [1.165, 1.54) is 11.8 Å². The maximum absolute atomic E-state index is 12.1. The average Bonchev–Trinajstić information content (AvgIpc) is 2.58. The highest BCUT2D eigenvalue weighted by atomic mass is 35.5. The molecule has 1 atom stereocenters. The smallest absolute Gasteiger partial charge is 0.258 e. The minimum atomic E-state index is -0.191. The first-order valence-electron chi connectivity index (χ1n) is 7.79. The van der Waals surface area contributed by atoms with Gasteiger partial charge in [0.25, 0.3) is 5.56 Å². The lowest BCUT2D eigenvalue weighted by Gasteiger charge is -2.11. The standard InChI is InChI=1S/C18H15Cl2N3O2S/c1-10(17-22-15-5-3-2-4-14(15)18(25)23-17)26-9-16(24)21-13-7-11(19)6-12(20)8-13/h2-8,10H,9H2,1H3,(H,21,24)(H,22,23,25). The molecule has 1 aromatic heterocycles. The Morgan fingerprint density at radius 3 is 2.65 bits per heavy atom. The van der Waals surface area contributed by atoms with Gasteiger partial charge in [-0.2, -0.15) is 0 Å². The van der Waals surface area contributed by atoms with Crippen LogP contribution in [-0.4, -0.2) is 21.6 Å². The van der Waals surface area contributed by atoms with Gasteiger partial charge in [-0.25, -0.2) is 4.98 Å². The molecule has 2 N–H and O–H groups in total. The third kappa shape index (κ3) is 4.58. The van der Waals surface area contributed by atoms with Crippen LogP contribution in [0, 0.1) is 0 Å². The highest BCUT2D eigenvalue weighted by Crippen LogP contribution is 2.26. The maximum Gasteiger partial charge on any atom is 0.258 e. The molecule has 1 unspecified atom stereocenters. The second kappa shape index (κ2) is 8.12. The summed E-state index contributed by atoms with van der Waals surface area (Å²) >= 11 is 13.2. The van der Waals surface area contributed by atoms with Crippen LogP contribution >= 0.6 is 35.0 Å². The molecule has 3 aromatic rings. The third-order valence-corrected chi connectivity index (χ3v) is 5.22. The second-order valence-corrected chi connectivity index (χ2v) is 7.83. The zero-order chi connectivity index (χ0) is 18.7. The van der Waals surface area contributed by atoms with Crippen molar-refractivity contribution in [3.05, 3.63) is 68.7 Å². The minimum absolute atomic E-state index is 0.152. The van der Waals surface area contributed by atoms with Gasteiger partial charge in [0.1, 0.15) is 5.82 Å². The van der Waals surface area contributed by atoms with Crippen LogP contribution in [0.15, 0.2) is 47.3 Å². The van der Waals surface area contributed by atoms with Gasteiger partial charge in [0.15, 0.2) is 0 Å². The number of thioether (sulfide) groups is 1. The average molecular weight is 408 g/mol. The van der Waals surface area contributed by atoms with E-state index in [4.69, 9.17) is 23.2 Å². The van der Waals surface area contributed by atoms with Crippen molar-refractivity contribution in [2.75, 3.05) is 11.1 Å². The number of amides is 1. The van der Waals surface area contributed by atoms with E-state index in [9.17, 15) is 9.59 Å². The van der Waals surface area contributed by atoms with Crippen LogP contribution in [0.2, 0.25) is 10.0 Å². The van der Waals surface area contributed by atoms with Crippen LogP contribution in [0.4, 0.5) is 5.69 Å². The molecule has 2 aromatic carbocycles. The van der Waals surface area contributed by atoms with E-state index in [1.807, 2.05) is 13.0 Å². The Bertz CT molecular complexity index is 1000. The fourth-order valence-electron chi connectivity index (χ4n) is 2.40. The summed E-state index contributed by atoms with van der Waals surface area (Å²) in [5, 5.41) is 4.05. The lowest BCUT2D eigenvalue weighted by Crippen LogP contribution is -2.16. The fraction of sp³-hybridized carbons (Fsp3) is 0.167. The van der Waals surface area contributed by atoms with Gasteiger partial charge in [-0.05, 0) is 37.3 Å². The van der Waals surface area contributed by atoms with Crippen LogP contribution in [0.5, 0.6) is 0 Å². The molecule has 1 heterocycles. The quantitative estimate of drug-likeness (QED) is 0.644. The molecule has 0 bridgehead atoms. The van der Waals surface area contributed by atoms with E-state index in [-0.39, 0.29) is 22.5 Å². The van der Waals surface area contributed by atoms with Gasteiger partial charge in [-0.1, -0.05) is 35.3 Å². The molecule has 1 amide bonds. The van der Waals surface area contributed by atoms with Gasteiger partial charge < -0.3 is 10.3 Å². The fourth-order valence-corrected chi connectivity index (χ4v) is 3.67. The number of para-hydroxylation sites is 1. The number of aromatic nitrogens is 2. The largest absolute Gasteiger partial charge is 0.325 e. The highest BCUT2D eigenvalue weighted by molar-refractivity contribution is 8.00. The highest BCUT2D eigenvalue weighted by Gasteiger charge is 2.14. The molecule has 0 fully saturated rings. The monoisotopic (exact) mass is 407 g/mol. The Morgan fingerprint density at radius 1 is 1.23 bits per heavy atom. The van der Waals surface area contributed by atoms with E-state index < -0.39 is 0 Å². The second-order valence-electron chi connectivity index (χ2n) is 5.63. The minimum Gasteiger partial charge on any atom is -0.325 e. The molecule has 8 heteroatoms. The van der Waals surface area contributed by atoms with Crippen LogP contribution in [0.25, 0.3) is 10.9 Å². The first-order chi connectivity index (χ1) is 12.4. The van der Waals surface area contributed by atoms with Crippen molar-refractivity contribution in [2.45, 2.75) is 12.2 Å². The predicted octanol–water partition coefficient (Wildman–Crippen LogP) is 4.66. The molecule has 0 saturated heterocycles. The molecule has 0 saturated carbocycles. The van der Waals surface area contributed by atoms with E-state index in [0.29, 0.717) is 32.5 Å². The SMILES string of the molecule is CC(SCC(=O)Nc1cc(Cl)cc(Cl)c1)c1nc2ccccc2c(=O)[nH]1. The predicted molar refractivity (Wildman–Crippen MR) is 108 cm³/mol. The van der Waals surface area contributed by atoms with Crippen LogP contribution in [-0.2, 0) is 4.79 Å². The van der Waals surface area contributed by atoms with Crippen LogP contribution in [0.1, 0.15) is 18.0 Å². The molecule has 0 aliphatic heterocycles. The van der Waals surface area contributed by atoms with Gasteiger partial charge >= 0.3 is 0 Å². The number of hydrogen-bond donors (Lipinski definition) is 2. The van der Waals surface area contributed by atoms with Crippen molar-refractivity contribution < 1.29 is 4.79 Å². The number of carbonyl (C=O) groups excluding carboxylic acids is 1. The van der Waals surface area contributed by atoms with Gasteiger partial charge in [0.05, 0.1) is 21.9 Å². The van der Waals surface area contributed by atoms with Crippen LogP contribution in [0.3, 0.4) is 0 Å². The van der Waals surface area contributed by atoms with Crippen molar-refractivity contribution in [1.29, 1.82) is 0 Å². The van der Waals surface area contributed by atoms with Gasteiger partial charge in [0.2, 0.25) is 5.91 Å². The number of halogens is 2. The molecule has 0 spiro atoms. The molecule has 5 nitrogen and oxygen atoms in total. The van der Waals surface area contributed by atoms with Crippen molar-refractivity contribution in [3.8, 4) is 0 Å². The Labute approximate surface area is 164 Å². The first-order valence-corrected chi connectivity index (χ1v) is 9.59. The molecule has 0 aliphatic carbocycles. The number of carbonyl (C=O) groups is 1. The first kappa shape index (κ1) is 18.8. The number of H-pyrrole nitrogens is 1. The summed E-state index contributed by atoms with van der Waals surface area (Å²) in [6.45, 7) is 1.89. The molecule has 26 heavy (non-hydrogen) atoms. The molecular formula is C18H15Cl2N3O2S. The zero-order valence-electron chi connectivity index (χ0n) is 13.8. The Hall–Kier alpha value is -2.02. The van der Waals surface area contributed by atoms with E-state index in [1.54, 1.807) is 36.4 Å². The molecule has 0 aliphatic rings. The maximum atomic E-state index is 12.1. The Kier molecular flexibility index (Phi) is 5.86. The van der Waals surface area contributed by atoms with Crippen molar-refractivity contribution >= 4 is 57.5 Å². The summed E-state index contributed by atoms with van der Waals surface area (Å²) in [6.07, 6.45) is 0. The van der Waals surface area contributed by atoms with Gasteiger partial charge in [0, 0.05) is 15.7 Å². The van der Waals surface area contributed by atoms with Gasteiger partial charge in [-0.3, -0.25) is 9.59 Å². The van der Waals surface area contributed by atoms with E-state index >= 15 is 0 Å². The Morgan fingerprint density at radius 2 is 1.92 bits per heavy atom. The number of nitrogens with zero attached hydrogens (tertiary/aromatic N) is 1. The summed E-state index contributed by atoms with van der Waals surface area (Å²) in [5.41, 5.74) is 0.991. The van der Waals surface area contributed by atoms with Crippen molar-refractivity contribution in [2.24, 2.45) is 0 Å². The summed E-state index contributed by atoms with van der Waals surface area (Å²) in [4.78, 5) is 31.5. The topological polar surface area (TPSA) is 74.8 Å². The van der Waals surface area contributed by atoms with E-state index in [0.717, 1.165) is 0 Å². The number of anilines is 1. The third-order valence-electron chi connectivity index (χ3n) is 3.63. The number of fused-ring (bicyclic) bond motifs is 1. The summed E-state index contributed by atoms with van der Waals surface area (Å²) in [5.74, 6) is 0.544. The molecule has 0 radical (unpaired) electrons. The molecule has 3 rings (SSSR count).